The van der Waals surface area contributed by atoms with E-state index in [1.807, 2.05) is 39.8 Å². The molecule has 0 atom stereocenters. The van der Waals surface area contributed by atoms with Gasteiger partial charge in [0.1, 0.15) is 5.52 Å². The number of benzene rings is 1. The third kappa shape index (κ3) is 3.35. The number of Topliss-reactive ketones (excluding diaryl/α,β-unsaturated/α-hetero) is 1. The Kier molecular flexibility index (Phi) is 4.59. The highest BCUT2D eigenvalue weighted by Gasteiger charge is 2.26. The first-order chi connectivity index (χ1) is 12.3. The Labute approximate surface area is 152 Å². The zero-order chi connectivity index (χ0) is 18.9. The number of aromatic nitrogens is 3. The van der Waals surface area contributed by atoms with E-state index < -0.39 is 5.41 Å². The summed E-state index contributed by atoms with van der Waals surface area (Å²) < 4.78 is 0. The topological polar surface area (TPSA) is 87.7 Å². The van der Waals surface area contributed by atoms with Crippen LogP contribution in [0.3, 0.4) is 0 Å². The van der Waals surface area contributed by atoms with Crippen LogP contribution in [0.4, 0.5) is 0 Å². The number of hydrogen-bond acceptors (Lipinski definition) is 4. The standard InChI is InChI=1S/C20H22N4O2/c1-5-21-19(26)13-8-6-7-12(9-13)15-11-23-18-16(24-15)14(10-22-18)17(25)20(2,3)4/h6-11H,5H2,1-4H3,(H,21,26)(H,22,23). The van der Waals surface area contributed by atoms with Crippen LogP contribution in [0.25, 0.3) is 22.4 Å². The first-order valence-corrected chi connectivity index (χ1v) is 8.59. The molecule has 6 heteroatoms. The lowest BCUT2D eigenvalue weighted by Gasteiger charge is -2.15. The van der Waals surface area contributed by atoms with Gasteiger partial charge in [-0.15, -0.1) is 0 Å². The van der Waals surface area contributed by atoms with E-state index in [2.05, 4.69) is 20.3 Å². The van der Waals surface area contributed by atoms with Gasteiger partial charge in [0, 0.05) is 29.3 Å². The van der Waals surface area contributed by atoms with Gasteiger partial charge in [0.15, 0.2) is 11.4 Å². The van der Waals surface area contributed by atoms with Crippen molar-refractivity contribution >= 4 is 22.9 Å². The van der Waals surface area contributed by atoms with Crippen molar-refractivity contribution in [3.63, 3.8) is 0 Å². The number of amides is 1. The molecule has 6 nitrogen and oxygen atoms in total. The molecule has 0 bridgehead atoms. The van der Waals surface area contributed by atoms with Gasteiger partial charge >= 0.3 is 0 Å². The van der Waals surface area contributed by atoms with Crippen LogP contribution in [0.1, 0.15) is 48.4 Å². The molecule has 0 aliphatic rings. The Morgan fingerprint density at radius 2 is 2.00 bits per heavy atom. The predicted octanol–water partition coefficient (Wildman–Crippen LogP) is 3.60. The van der Waals surface area contributed by atoms with Crippen LogP contribution in [0, 0.1) is 5.41 Å². The van der Waals surface area contributed by atoms with Crippen molar-refractivity contribution in [2.45, 2.75) is 27.7 Å². The van der Waals surface area contributed by atoms with Crippen LogP contribution < -0.4 is 5.32 Å². The van der Waals surface area contributed by atoms with Gasteiger partial charge in [-0.3, -0.25) is 9.59 Å². The highest BCUT2D eigenvalue weighted by atomic mass is 16.1. The number of nitrogens with one attached hydrogen (secondary N) is 2. The minimum Gasteiger partial charge on any atom is -0.352 e. The van der Waals surface area contributed by atoms with E-state index >= 15 is 0 Å². The normalized spacial score (nSPS) is 11.5. The number of carbonyl (C=O) groups excluding carboxylic acids is 2. The second kappa shape index (κ2) is 6.71. The summed E-state index contributed by atoms with van der Waals surface area (Å²) in [5.74, 6) is -0.125. The van der Waals surface area contributed by atoms with Crippen molar-refractivity contribution in [2.24, 2.45) is 5.41 Å². The summed E-state index contributed by atoms with van der Waals surface area (Å²) in [4.78, 5) is 36.8. The van der Waals surface area contributed by atoms with E-state index in [9.17, 15) is 9.59 Å². The van der Waals surface area contributed by atoms with Crippen molar-refractivity contribution < 1.29 is 9.59 Å². The third-order valence-electron chi connectivity index (χ3n) is 4.06. The Bertz CT molecular complexity index is 983. The van der Waals surface area contributed by atoms with Gasteiger partial charge < -0.3 is 10.3 Å². The fourth-order valence-corrected chi connectivity index (χ4v) is 2.69. The molecule has 0 aliphatic heterocycles. The summed E-state index contributed by atoms with van der Waals surface area (Å²) >= 11 is 0. The second-order valence-electron chi connectivity index (χ2n) is 7.17. The summed E-state index contributed by atoms with van der Waals surface area (Å²) in [6.45, 7) is 8.07. The lowest BCUT2D eigenvalue weighted by Crippen LogP contribution is -2.22. The molecule has 3 aromatic rings. The van der Waals surface area contributed by atoms with Crippen molar-refractivity contribution in [3.8, 4) is 11.3 Å². The largest absolute Gasteiger partial charge is 0.352 e. The maximum Gasteiger partial charge on any atom is 0.251 e. The average Bonchev–Trinajstić information content (AvgIpc) is 3.03. The molecule has 0 fully saturated rings. The lowest BCUT2D eigenvalue weighted by molar-refractivity contribution is 0.0859. The van der Waals surface area contributed by atoms with Gasteiger partial charge in [-0.2, -0.15) is 0 Å². The summed E-state index contributed by atoms with van der Waals surface area (Å²) in [5.41, 5.74) is 3.09. The van der Waals surface area contributed by atoms with Crippen molar-refractivity contribution in [3.05, 3.63) is 47.8 Å². The van der Waals surface area contributed by atoms with Gasteiger partial charge in [-0.05, 0) is 19.1 Å². The van der Waals surface area contributed by atoms with E-state index in [-0.39, 0.29) is 11.7 Å². The highest BCUT2D eigenvalue weighted by Crippen LogP contribution is 2.27. The first-order valence-electron chi connectivity index (χ1n) is 8.59. The maximum atomic E-state index is 12.7. The number of fused-ring (bicyclic) bond motifs is 1. The molecule has 0 radical (unpaired) electrons. The number of ketones is 1. The van der Waals surface area contributed by atoms with E-state index in [0.717, 1.165) is 5.56 Å². The fraction of sp³-hybridized carbons (Fsp3) is 0.300. The van der Waals surface area contributed by atoms with Crippen LogP contribution >= 0.6 is 0 Å². The first kappa shape index (κ1) is 17.8. The highest BCUT2D eigenvalue weighted by molar-refractivity contribution is 6.08. The van der Waals surface area contributed by atoms with Crippen molar-refractivity contribution in [1.29, 1.82) is 0 Å². The molecule has 134 valence electrons. The lowest BCUT2D eigenvalue weighted by atomic mass is 9.87. The summed E-state index contributed by atoms with van der Waals surface area (Å²) in [6, 6.07) is 7.21. The molecule has 0 saturated heterocycles. The Morgan fingerprint density at radius 3 is 2.69 bits per heavy atom. The number of carbonyl (C=O) groups is 2. The Balaban J connectivity index is 2.06. The quantitative estimate of drug-likeness (QED) is 0.704. The van der Waals surface area contributed by atoms with Crippen LogP contribution in [0.2, 0.25) is 0 Å². The molecule has 2 aromatic heterocycles. The zero-order valence-electron chi connectivity index (χ0n) is 15.4. The molecule has 26 heavy (non-hydrogen) atoms. The molecule has 1 amide bonds. The molecular formula is C20H22N4O2. The van der Waals surface area contributed by atoms with Gasteiger partial charge in [-0.1, -0.05) is 32.9 Å². The van der Waals surface area contributed by atoms with E-state index in [1.165, 1.54) is 0 Å². The van der Waals surface area contributed by atoms with E-state index in [0.29, 0.717) is 34.5 Å². The molecule has 0 saturated carbocycles. The molecule has 2 N–H and O–H groups in total. The molecule has 0 aliphatic carbocycles. The van der Waals surface area contributed by atoms with Crippen LogP contribution in [0.5, 0.6) is 0 Å². The number of rotatable bonds is 4. The Morgan fingerprint density at radius 1 is 1.23 bits per heavy atom. The predicted molar refractivity (Wildman–Crippen MR) is 101 cm³/mol. The molecule has 0 spiro atoms. The number of H-pyrrole nitrogens is 1. The molecule has 0 unspecified atom stereocenters. The molecule has 2 heterocycles. The van der Waals surface area contributed by atoms with Crippen molar-refractivity contribution in [1.82, 2.24) is 20.3 Å². The monoisotopic (exact) mass is 350 g/mol. The fourth-order valence-electron chi connectivity index (χ4n) is 2.69. The molecular weight excluding hydrogens is 328 g/mol. The Hall–Kier alpha value is -3.02. The number of hydrogen-bond donors (Lipinski definition) is 2. The van der Waals surface area contributed by atoms with Gasteiger partial charge in [0.05, 0.1) is 17.5 Å². The molecule has 3 rings (SSSR count). The van der Waals surface area contributed by atoms with E-state index in [4.69, 9.17) is 0 Å². The summed E-state index contributed by atoms with van der Waals surface area (Å²) in [7, 11) is 0. The average molecular weight is 350 g/mol. The zero-order valence-corrected chi connectivity index (χ0v) is 15.4. The minimum atomic E-state index is -0.509. The van der Waals surface area contributed by atoms with Crippen LogP contribution in [-0.4, -0.2) is 33.2 Å². The molecule has 1 aromatic carbocycles. The smallest absolute Gasteiger partial charge is 0.251 e. The maximum absolute atomic E-state index is 12.7. The summed E-state index contributed by atoms with van der Waals surface area (Å²) in [5, 5.41) is 2.78. The van der Waals surface area contributed by atoms with E-state index in [1.54, 1.807) is 24.5 Å². The van der Waals surface area contributed by atoms with Gasteiger partial charge in [-0.25, -0.2) is 9.97 Å². The van der Waals surface area contributed by atoms with Gasteiger partial charge in [0.25, 0.3) is 5.91 Å². The summed E-state index contributed by atoms with van der Waals surface area (Å²) in [6.07, 6.45) is 3.30. The van der Waals surface area contributed by atoms with Crippen molar-refractivity contribution in [2.75, 3.05) is 6.54 Å². The van der Waals surface area contributed by atoms with Crippen LogP contribution in [0.15, 0.2) is 36.7 Å². The second-order valence-corrected chi connectivity index (χ2v) is 7.17. The number of nitrogens with zero attached hydrogens (tertiary/aromatic N) is 2. The van der Waals surface area contributed by atoms with Crippen LogP contribution in [-0.2, 0) is 0 Å². The SMILES string of the molecule is CCNC(=O)c1cccc(-c2cnc3[nH]cc(C(=O)C(C)(C)C)c3n2)c1. The minimum absolute atomic E-state index is 0.00581. The van der Waals surface area contributed by atoms with Gasteiger partial charge in [0.2, 0.25) is 0 Å². The number of aromatic amines is 1. The third-order valence-corrected chi connectivity index (χ3v) is 4.06.